The van der Waals surface area contributed by atoms with E-state index in [0.717, 1.165) is 45.3 Å². The third-order valence-electron chi connectivity index (χ3n) is 4.42. The predicted octanol–water partition coefficient (Wildman–Crippen LogP) is 4.01. The van der Waals surface area contributed by atoms with Crippen LogP contribution in [-0.4, -0.2) is 39.9 Å². The molecule has 2 aliphatic heterocycles. The summed E-state index contributed by atoms with van der Waals surface area (Å²) in [7, 11) is 3.29. The zero-order valence-corrected chi connectivity index (χ0v) is 15.7. The van der Waals surface area contributed by atoms with E-state index in [-0.39, 0.29) is 0 Å². The summed E-state index contributed by atoms with van der Waals surface area (Å²) in [6, 6.07) is 11.4. The Balaban J connectivity index is 1.45. The molecule has 2 heterocycles. The number of hydrogen-bond donors (Lipinski definition) is 0. The molecule has 0 unspecified atom stereocenters. The predicted molar refractivity (Wildman–Crippen MR) is 110 cm³/mol. The SMILES string of the molecule is COc1ccc2c(c1)C=C(/C=N\N=C/C1=Cc3cc(OC)ccc3OC1)CO2. The molecule has 0 spiro atoms. The lowest BCUT2D eigenvalue weighted by molar-refractivity contribution is 0.351. The molecule has 0 saturated heterocycles. The van der Waals surface area contributed by atoms with Crippen molar-refractivity contribution in [1.82, 2.24) is 0 Å². The number of hydrogen-bond acceptors (Lipinski definition) is 6. The Labute approximate surface area is 163 Å². The van der Waals surface area contributed by atoms with Gasteiger partial charge >= 0.3 is 0 Å². The van der Waals surface area contributed by atoms with Gasteiger partial charge in [0.1, 0.15) is 36.2 Å². The number of rotatable bonds is 5. The number of methoxy groups -OCH3 is 2. The molecule has 0 N–H and O–H groups in total. The maximum Gasteiger partial charge on any atom is 0.127 e. The van der Waals surface area contributed by atoms with Gasteiger partial charge in [-0.25, -0.2) is 0 Å². The first-order chi connectivity index (χ1) is 13.7. The topological polar surface area (TPSA) is 61.6 Å². The summed E-state index contributed by atoms with van der Waals surface area (Å²) < 4.78 is 22.0. The van der Waals surface area contributed by atoms with Crippen molar-refractivity contribution in [2.45, 2.75) is 0 Å². The van der Waals surface area contributed by atoms with Gasteiger partial charge in [0.15, 0.2) is 0 Å². The van der Waals surface area contributed by atoms with Gasteiger partial charge in [-0.3, -0.25) is 0 Å². The van der Waals surface area contributed by atoms with Crippen LogP contribution >= 0.6 is 0 Å². The summed E-state index contributed by atoms with van der Waals surface area (Å²) in [4.78, 5) is 0. The van der Waals surface area contributed by atoms with E-state index in [1.165, 1.54) is 0 Å². The third-order valence-corrected chi connectivity index (χ3v) is 4.42. The van der Waals surface area contributed by atoms with Crippen LogP contribution in [0.3, 0.4) is 0 Å². The minimum absolute atomic E-state index is 0.456. The van der Waals surface area contributed by atoms with Gasteiger partial charge in [-0.15, -0.1) is 0 Å². The van der Waals surface area contributed by atoms with Crippen molar-refractivity contribution >= 4 is 24.6 Å². The van der Waals surface area contributed by atoms with Gasteiger partial charge in [0.25, 0.3) is 0 Å². The highest BCUT2D eigenvalue weighted by molar-refractivity contribution is 5.90. The van der Waals surface area contributed by atoms with Crippen LogP contribution in [0, 0.1) is 0 Å². The van der Waals surface area contributed by atoms with Gasteiger partial charge < -0.3 is 18.9 Å². The normalized spacial score (nSPS) is 15.2. The third kappa shape index (κ3) is 3.91. The summed E-state index contributed by atoms with van der Waals surface area (Å²) in [6.07, 6.45) is 7.43. The minimum Gasteiger partial charge on any atom is -0.497 e. The van der Waals surface area contributed by atoms with E-state index in [2.05, 4.69) is 10.2 Å². The van der Waals surface area contributed by atoms with Crippen molar-refractivity contribution in [2.75, 3.05) is 27.4 Å². The lowest BCUT2D eigenvalue weighted by Crippen LogP contribution is -2.08. The number of benzene rings is 2. The number of ether oxygens (including phenoxy) is 4. The molecule has 0 bridgehead atoms. The van der Waals surface area contributed by atoms with Crippen LogP contribution in [0.1, 0.15) is 11.1 Å². The molecule has 0 atom stereocenters. The second-order valence-electron chi connectivity index (χ2n) is 6.31. The molecule has 0 fully saturated rings. The molecular formula is C22H20N2O4. The number of fused-ring (bicyclic) bond motifs is 2. The summed E-state index contributed by atoms with van der Waals surface area (Å²) in [5.74, 6) is 3.24. The smallest absolute Gasteiger partial charge is 0.127 e. The maximum absolute atomic E-state index is 5.73. The first kappa shape index (κ1) is 17.9. The van der Waals surface area contributed by atoms with Gasteiger partial charge in [-0.2, -0.15) is 10.2 Å². The Morgan fingerprint density at radius 2 is 1.21 bits per heavy atom. The standard InChI is InChI=1S/C22H20N2O4/c1-25-19-3-5-21-17(9-19)7-15(13-27-21)11-23-24-12-16-8-18-10-20(26-2)4-6-22(18)28-14-16/h3-12H,13-14H2,1-2H3/b23-11-,24-12-. The van der Waals surface area contributed by atoms with Crippen LogP contribution in [0.25, 0.3) is 12.2 Å². The van der Waals surface area contributed by atoms with Crippen molar-refractivity contribution in [3.63, 3.8) is 0 Å². The summed E-state index contributed by atoms with van der Waals surface area (Å²) in [5, 5.41) is 8.28. The second-order valence-corrected chi connectivity index (χ2v) is 6.31. The molecule has 28 heavy (non-hydrogen) atoms. The molecule has 0 radical (unpaired) electrons. The fourth-order valence-electron chi connectivity index (χ4n) is 2.96. The molecule has 0 aromatic heterocycles. The van der Waals surface area contributed by atoms with E-state index < -0.39 is 0 Å². The van der Waals surface area contributed by atoms with Crippen molar-refractivity contribution in [1.29, 1.82) is 0 Å². The average Bonchev–Trinajstić information content (AvgIpc) is 2.75. The molecule has 142 valence electrons. The van der Waals surface area contributed by atoms with E-state index >= 15 is 0 Å². The van der Waals surface area contributed by atoms with Crippen molar-refractivity contribution in [3.05, 3.63) is 58.7 Å². The lowest BCUT2D eigenvalue weighted by atomic mass is 10.1. The van der Waals surface area contributed by atoms with Gasteiger partial charge in [-0.1, -0.05) is 0 Å². The van der Waals surface area contributed by atoms with Crippen LogP contribution in [0.4, 0.5) is 0 Å². The van der Waals surface area contributed by atoms with E-state index in [9.17, 15) is 0 Å². The molecule has 2 aliphatic rings. The largest absolute Gasteiger partial charge is 0.497 e. The van der Waals surface area contributed by atoms with Crippen LogP contribution in [0.5, 0.6) is 23.0 Å². The summed E-state index contributed by atoms with van der Waals surface area (Å²) in [6.45, 7) is 0.911. The van der Waals surface area contributed by atoms with Crippen molar-refractivity contribution in [2.24, 2.45) is 10.2 Å². The van der Waals surface area contributed by atoms with Gasteiger partial charge in [0, 0.05) is 22.3 Å². The van der Waals surface area contributed by atoms with E-state index in [1.54, 1.807) is 26.6 Å². The Bertz CT molecular complexity index is 924. The van der Waals surface area contributed by atoms with Gasteiger partial charge in [0.05, 0.1) is 26.6 Å². The minimum atomic E-state index is 0.456. The zero-order valence-electron chi connectivity index (χ0n) is 15.7. The monoisotopic (exact) mass is 376 g/mol. The molecule has 0 saturated carbocycles. The molecular weight excluding hydrogens is 356 g/mol. The van der Waals surface area contributed by atoms with E-state index in [0.29, 0.717) is 13.2 Å². The second kappa shape index (κ2) is 8.00. The highest BCUT2D eigenvalue weighted by Crippen LogP contribution is 2.30. The zero-order chi connectivity index (χ0) is 19.3. The van der Waals surface area contributed by atoms with E-state index in [1.807, 2.05) is 48.6 Å². The van der Waals surface area contributed by atoms with Crippen molar-refractivity contribution < 1.29 is 18.9 Å². The van der Waals surface area contributed by atoms with Gasteiger partial charge in [0.2, 0.25) is 0 Å². The average molecular weight is 376 g/mol. The Kier molecular flexibility index (Phi) is 5.10. The molecule has 6 heteroatoms. The quantitative estimate of drug-likeness (QED) is 0.584. The van der Waals surface area contributed by atoms with Crippen LogP contribution < -0.4 is 18.9 Å². The first-order valence-electron chi connectivity index (χ1n) is 8.84. The Hall–Kier alpha value is -3.54. The summed E-state index contributed by atoms with van der Waals surface area (Å²) in [5.41, 5.74) is 3.79. The van der Waals surface area contributed by atoms with Crippen LogP contribution in [-0.2, 0) is 0 Å². The molecule has 2 aromatic carbocycles. The first-order valence-corrected chi connectivity index (χ1v) is 8.84. The number of nitrogens with zero attached hydrogens (tertiary/aromatic N) is 2. The van der Waals surface area contributed by atoms with Gasteiger partial charge in [-0.05, 0) is 48.6 Å². The Morgan fingerprint density at radius 3 is 1.64 bits per heavy atom. The molecule has 2 aromatic rings. The fraction of sp³-hybridized carbons (Fsp3) is 0.182. The van der Waals surface area contributed by atoms with Crippen molar-refractivity contribution in [3.8, 4) is 23.0 Å². The molecule has 4 rings (SSSR count). The fourth-order valence-corrected chi connectivity index (χ4v) is 2.96. The molecule has 0 aliphatic carbocycles. The Morgan fingerprint density at radius 1 is 0.750 bits per heavy atom. The molecule has 6 nitrogen and oxygen atoms in total. The van der Waals surface area contributed by atoms with Crippen LogP contribution in [0.15, 0.2) is 57.7 Å². The lowest BCUT2D eigenvalue weighted by Gasteiger charge is -2.16. The highest BCUT2D eigenvalue weighted by Gasteiger charge is 2.12. The van der Waals surface area contributed by atoms with Crippen LogP contribution in [0.2, 0.25) is 0 Å². The summed E-state index contributed by atoms with van der Waals surface area (Å²) >= 11 is 0. The van der Waals surface area contributed by atoms with E-state index in [4.69, 9.17) is 18.9 Å². The highest BCUT2D eigenvalue weighted by atomic mass is 16.5. The maximum atomic E-state index is 5.73. The molecule has 0 amide bonds.